The fourth-order valence-electron chi connectivity index (χ4n) is 1.64. The van der Waals surface area contributed by atoms with Gasteiger partial charge in [0.05, 0.1) is 4.90 Å². The number of hydrogen-bond acceptors (Lipinski definition) is 4. The molecule has 2 rings (SSSR count). The van der Waals surface area contributed by atoms with Crippen molar-refractivity contribution < 1.29 is 12.6 Å². The summed E-state index contributed by atoms with van der Waals surface area (Å²) in [5.41, 5.74) is 0.657. The van der Waals surface area contributed by atoms with Crippen molar-refractivity contribution >= 4 is 10.1 Å². The first-order valence-electron chi connectivity index (χ1n) is 5.17. The highest BCUT2D eigenvalue weighted by molar-refractivity contribution is 7.86. The van der Waals surface area contributed by atoms with E-state index < -0.39 is 16.3 Å². The summed E-state index contributed by atoms with van der Waals surface area (Å²) in [7, 11) is -3.67. The molecule has 1 heterocycles. The van der Waals surface area contributed by atoms with Crippen molar-refractivity contribution in [2.75, 3.05) is 6.54 Å². The third-order valence-electron chi connectivity index (χ3n) is 2.45. The van der Waals surface area contributed by atoms with Crippen LogP contribution in [0.25, 0.3) is 0 Å². The highest BCUT2D eigenvalue weighted by Crippen LogP contribution is 2.18. The van der Waals surface area contributed by atoms with Crippen molar-refractivity contribution in [3.05, 3.63) is 36.8 Å². The molecule has 0 spiro atoms. The van der Waals surface area contributed by atoms with Crippen molar-refractivity contribution in [3.63, 3.8) is 0 Å². The Hall–Kier alpha value is -0.910. The molecule has 0 unspecified atom stereocenters. The zero-order valence-electron chi connectivity index (χ0n) is 8.85. The Balaban J connectivity index is 2.18. The van der Waals surface area contributed by atoms with Crippen LogP contribution in [0.4, 0.5) is 0 Å². The standard InChI is InChI=1S/C11H14NO3S/c1-9-4-2-5-10(8-9)16(13,14)15-11-6-3-7-12-11/h2,4-5,8,11-12H,1,3,6-7H2/t11-/m1/s1. The van der Waals surface area contributed by atoms with E-state index in [2.05, 4.69) is 12.2 Å². The van der Waals surface area contributed by atoms with Crippen molar-refractivity contribution in [2.24, 2.45) is 0 Å². The second-order valence-electron chi connectivity index (χ2n) is 3.78. The maximum atomic E-state index is 11.9. The Labute approximate surface area is 95.7 Å². The highest BCUT2D eigenvalue weighted by atomic mass is 32.2. The van der Waals surface area contributed by atoms with Gasteiger partial charge in [-0.05, 0) is 44.0 Å². The van der Waals surface area contributed by atoms with Gasteiger partial charge in [0.1, 0.15) is 6.23 Å². The molecule has 16 heavy (non-hydrogen) atoms. The minimum Gasteiger partial charge on any atom is -0.291 e. The van der Waals surface area contributed by atoms with E-state index in [-0.39, 0.29) is 4.90 Å². The molecule has 1 N–H and O–H groups in total. The third kappa shape index (κ3) is 2.61. The number of benzene rings is 1. The molecule has 1 aromatic carbocycles. The monoisotopic (exact) mass is 240 g/mol. The topological polar surface area (TPSA) is 55.4 Å². The molecule has 1 aromatic rings. The average molecular weight is 240 g/mol. The summed E-state index contributed by atoms with van der Waals surface area (Å²) < 4.78 is 28.8. The molecule has 1 fully saturated rings. The lowest BCUT2D eigenvalue weighted by Gasteiger charge is -2.11. The fourth-order valence-corrected chi connectivity index (χ4v) is 2.77. The molecule has 87 valence electrons. The summed E-state index contributed by atoms with van der Waals surface area (Å²) >= 11 is 0. The normalized spacial score (nSPS) is 21.2. The first-order chi connectivity index (χ1) is 7.58. The molecule has 0 aliphatic carbocycles. The second-order valence-corrected chi connectivity index (χ2v) is 5.35. The van der Waals surface area contributed by atoms with E-state index in [1.54, 1.807) is 12.1 Å². The van der Waals surface area contributed by atoms with Gasteiger partial charge in [0.25, 0.3) is 10.1 Å². The molecule has 4 nitrogen and oxygen atoms in total. The zero-order valence-corrected chi connectivity index (χ0v) is 9.66. The Kier molecular flexibility index (Phi) is 3.28. The van der Waals surface area contributed by atoms with E-state index in [0.717, 1.165) is 19.4 Å². The van der Waals surface area contributed by atoms with Gasteiger partial charge in [-0.15, -0.1) is 0 Å². The summed E-state index contributed by atoms with van der Waals surface area (Å²) in [6.45, 7) is 4.49. The van der Waals surface area contributed by atoms with Gasteiger partial charge in [-0.3, -0.25) is 5.32 Å². The summed E-state index contributed by atoms with van der Waals surface area (Å²) in [6.07, 6.45) is 1.28. The SMILES string of the molecule is [CH2]c1cccc(S(=O)(=O)O[C@@H]2CCCN2)c1. The molecule has 0 amide bonds. The quantitative estimate of drug-likeness (QED) is 0.809. The first kappa shape index (κ1) is 11.6. The van der Waals surface area contributed by atoms with Crippen LogP contribution in [0.15, 0.2) is 29.2 Å². The lowest BCUT2D eigenvalue weighted by atomic mass is 10.2. The van der Waals surface area contributed by atoms with E-state index in [9.17, 15) is 8.42 Å². The van der Waals surface area contributed by atoms with E-state index in [4.69, 9.17) is 4.18 Å². The molecule has 1 aliphatic rings. The van der Waals surface area contributed by atoms with Crippen molar-refractivity contribution in [1.29, 1.82) is 0 Å². The fraction of sp³-hybridized carbons (Fsp3) is 0.364. The summed E-state index contributed by atoms with van der Waals surface area (Å²) in [5.74, 6) is 0. The van der Waals surface area contributed by atoms with E-state index >= 15 is 0 Å². The molecule has 0 saturated carbocycles. The zero-order chi connectivity index (χ0) is 11.6. The number of hydrogen-bond donors (Lipinski definition) is 1. The van der Waals surface area contributed by atoms with Gasteiger partial charge in [-0.25, -0.2) is 4.18 Å². The van der Waals surface area contributed by atoms with Crippen LogP contribution in [-0.4, -0.2) is 21.2 Å². The molecule has 0 aromatic heterocycles. The largest absolute Gasteiger partial charge is 0.298 e. The Morgan fingerprint density at radius 2 is 2.25 bits per heavy atom. The molecule has 1 saturated heterocycles. The van der Waals surface area contributed by atoms with E-state index in [0.29, 0.717) is 5.56 Å². The summed E-state index contributed by atoms with van der Waals surface area (Å²) in [6, 6.07) is 6.41. The maximum absolute atomic E-state index is 11.9. The molecular formula is C11H14NO3S. The first-order valence-corrected chi connectivity index (χ1v) is 6.57. The summed E-state index contributed by atoms with van der Waals surface area (Å²) in [5, 5.41) is 2.98. The van der Waals surface area contributed by atoms with Gasteiger partial charge in [0, 0.05) is 0 Å². The van der Waals surface area contributed by atoms with Crippen LogP contribution in [0.1, 0.15) is 18.4 Å². The van der Waals surface area contributed by atoms with Crippen LogP contribution in [-0.2, 0) is 14.3 Å². The molecule has 5 heteroatoms. The highest BCUT2D eigenvalue weighted by Gasteiger charge is 2.23. The lowest BCUT2D eigenvalue weighted by Crippen LogP contribution is -2.27. The van der Waals surface area contributed by atoms with Gasteiger partial charge in [0.15, 0.2) is 0 Å². The molecule has 1 atom stereocenters. The van der Waals surface area contributed by atoms with Gasteiger partial charge < -0.3 is 0 Å². The van der Waals surface area contributed by atoms with Crippen LogP contribution in [0.5, 0.6) is 0 Å². The van der Waals surface area contributed by atoms with Gasteiger partial charge >= 0.3 is 0 Å². The van der Waals surface area contributed by atoms with Crippen LogP contribution >= 0.6 is 0 Å². The Bertz CT molecular complexity index is 464. The van der Waals surface area contributed by atoms with Gasteiger partial charge in [0.2, 0.25) is 0 Å². The third-order valence-corrected chi connectivity index (χ3v) is 3.76. The van der Waals surface area contributed by atoms with Crippen LogP contribution in [0.2, 0.25) is 0 Å². The number of nitrogens with one attached hydrogen (secondary N) is 1. The van der Waals surface area contributed by atoms with E-state index in [1.165, 1.54) is 12.1 Å². The minimum absolute atomic E-state index is 0.161. The average Bonchev–Trinajstić information content (AvgIpc) is 2.70. The van der Waals surface area contributed by atoms with Crippen LogP contribution < -0.4 is 5.32 Å². The smallest absolute Gasteiger partial charge is 0.291 e. The number of rotatable bonds is 3. The van der Waals surface area contributed by atoms with Gasteiger partial charge in [-0.1, -0.05) is 12.1 Å². The summed E-state index contributed by atoms with van der Waals surface area (Å²) in [4.78, 5) is 0.161. The van der Waals surface area contributed by atoms with Crippen LogP contribution in [0, 0.1) is 6.92 Å². The van der Waals surface area contributed by atoms with E-state index in [1.807, 2.05) is 0 Å². The lowest BCUT2D eigenvalue weighted by molar-refractivity contribution is 0.195. The Morgan fingerprint density at radius 1 is 1.44 bits per heavy atom. The molecular weight excluding hydrogens is 226 g/mol. The predicted octanol–water partition coefficient (Wildman–Crippen LogP) is 1.28. The molecule has 1 radical (unpaired) electrons. The van der Waals surface area contributed by atoms with Crippen molar-refractivity contribution in [1.82, 2.24) is 5.32 Å². The molecule has 1 aliphatic heterocycles. The minimum atomic E-state index is -3.67. The Morgan fingerprint density at radius 3 is 2.88 bits per heavy atom. The van der Waals surface area contributed by atoms with Crippen molar-refractivity contribution in [3.8, 4) is 0 Å². The van der Waals surface area contributed by atoms with Crippen LogP contribution in [0.3, 0.4) is 0 Å². The molecule has 0 bridgehead atoms. The van der Waals surface area contributed by atoms with Crippen molar-refractivity contribution in [2.45, 2.75) is 24.0 Å². The second kappa shape index (κ2) is 4.53. The maximum Gasteiger partial charge on any atom is 0.298 e. The predicted molar refractivity (Wildman–Crippen MR) is 60.2 cm³/mol. The van der Waals surface area contributed by atoms with Gasteiger partial charge in [-0.2, -0.15) is 8.42 Å².